The van der Waals surface area contributed by atoms with Gasteiger partial charge in [0.05, 0.1) is 10.9 Å². The first-order valence-electron chi connectivity index (χ1n) is 8.58. The highest BCUT2D eigenvalue weighted by molar-refractivity contribution is 7.91. The molecular weight excluding hydrogens is 426 g/mol. The Morgan fingerprint density at radius 3 is 2.18 bits per heavy atom. The van der Waals surface area contributed by atoms with Gasteiger partial charge in [0, 0.05) is 20.1 Å². The molecule has 160 valence electrons. The van der Waals surface area contributed by atoms with E-state index in [9.17, 15) is 18.0 Å². The number of thiophene rings is 1. The van der Waals surface area contributed by atoms with Gasteiger partial charge in [-0.15, -0.1) is 11.3 Å². The lowest BCUT2D eigenvalue weighted by Crippen LogP contribution is -2.46. The standard InChI is InChI=1S/C17H28ClN3O5S2/c1-17(2,3)26-15(23)12-21(10-9-19(4)5)14(22)11-20(6)28(24,25)16-8-7-13(18)27-16/h7-8H,9-12H2,1-6H3. The number of esters is 1. The molecule has 0 saturated carbocycles. The largest absolute Gasteiger partial charge is 0.459 e. The van der Waals surface area contributed by atoms with Crippen LogP contribution in [0.25, 0.3) is 0 Å². The van der Waals surface area contributed by atoms with Crippen molar-refractivity contribution in [1.29, 1.82) is 0 Å². The van der Waals surface area contributed by atoms with E-state index in [1.165, 1.54) is 24.1 Å². The normalized spacial score (nSPS) is 12.5. The molecule has 0 bridgehead atoms. The first-order valence-corrected chi connectivity index (χ1v) is 11.2. The van der Waals surface area contributed by atoms with Crippen LogP contribution in [0.3, 0.4) is 0 Å². The molecule has 0 saturated heterocycles. The van der Waals surface area contributed by atoms with E-state index in [1.807, 2.05) is 19.0 Å². The maximum absolute atomic E-state index is 12.7. The van der Waals surface area contributed by atoms with Crippen molar-refractivity contribution in [2.45, 2.75) is 30.6 Å². The molecule has 0 N–H and O–H groups in total. The van der Waals surface area contributed by atoms with Crippen LogP contribution >= 0.6 is 22.9 Å². The average Bonchev–Trinajstić information content (AvgIpc) is 2.96. The Labute approximate surface area is 176 Å². The monoisotopic (exact) mass is 453 g/mol. The van der Waals surface area contributed by atoms with Crippen LogP contribution < -0.4 is 0 Å². The van der Waals surface area contributed by atoms with Crippen LogP contribution in [0.15, 0.2) is 16.3 Å². The Balaban J connectivity index is 2.88. The number of amides is 1. The van der Waals surface area contributed by atoms with E-state index in [2.05, 4.69) is 0 Å². The predicted octanol–water partition coefficient (Wildman–Crippen LogP) is 1.75. The summed E-state index contributed by atoms with van der Waals surface area (Å²) in [7, 11) is 1.16. The molecule has 0 unspecified atom stereocenters. The fourth-order valence-corrected chi connectivity index (χ4v) is 4.92. The van der Waals surface area contributed by atoms with Crippen LogP contribution in [0, 0.1) is 0 Å². The number of rotatable bonds is 9. The lowest BCUT2D eigenvalue weighted by atomic mass is 10.2. The van der Waals surface area contributed by atoms with E-state index in [4.69, 9.17) is 16.3 Å². The molecule has 0 aliphatic carbocycles. The third kappa shape index (κ3) is 8.04. The molecule has 0 radical (unpaired) electrons. The number of likely N-dealkylation sites (N-methyl/N-ethyl adjacent to an activating group) is 2. The topological polar surface area (TPSA) is 87.2 Å². The second-order valence-electron chi connectivity index (χ2n) is 7.52. The first kappa shape index (κ1) is 24.8. The van der Waals surface area contributed by atoms with Gasteiger partial charge in [0.15, 0.2) is 0 Å². The summed E-state index contributed by atoms with van der Waals surface area (Å²) < 4.78 is 31.8. The molecule has 0 aliphatic heterocycles. The Hall–Kier alpha value is -1.20. The van der Waals surface area contributed by atoms with Gasteiger partial charge in [0.25, 0.3) is 10.0 Å². The van der Waals surface area contributed by atoms with Gasteiger partial charge >= 0.3 is 5.97 Å². The van der Waals surface area contributed by atoms with Crippen LogP contribution in [0.5, 0.6) is 0 Å². The van der Waals surface area contributed by atoms with Crippen LogP contribution in [0.4, 0.5) is 0 Å². The van der Waals surface area contributed by atoms with Crippen molar-refractivity contribution in [3.05, 3.63) is 16.5 Å². The van der Waals surface area contributed by atoms with Crippen LogP contribution in [-0.2, 0) is 24.3 Å². The van der Waals surface area contributed by atoms with E-state index < -0.39 is 34.0 Å². The first-order chi connectivity index (χ1) is 12.7. The van der Waals surface area contributed by atoms with Gasteiger partial charge in [0.1, 0.15) is 16.4 Å². The molecule has 8 nitrogen and oxygen atoms in total. The number of halogens is 1. The van der Waals surface area contributed by atoms with Crippen molar-refractivity contribution >= 4 is 44.8 Å². The molecule has 0 fully saturated rings. The van der Waals surface area contributed by atoms with Crippen molar-refractivity contribution in [3.63, 3.8) is 0 Å². The summed E-state index contributed by atoms with van der Waals surface area (Å²) in [6, 6.07) is 2.88. The number of sulfonamides is 1. The van der Waals surface area contributed by atoms with Gasteiger partial charge < -0.3 is 14.5 Å². The number of nitrogens with zero attached hydrogens (tertiary/aromatic N) is 3. The second kappa shape index (κ2) is 10.0. The lowest BCUT2D eigenvalue weighted by Gasteiger charge is -2.27. The summed E-state index contributed by atoms with van der Waals surface area (Å²) in [5.74, 6) is -1.03. The van der Waals surface area contributed by atoms with Crippen molar-refractivity contribution < 1.29 is 22.7 Å². The van der Waals surface area contributed by atoms with E-state index in [0.29, 0.717) is 10.9 Å². The molecule has 1 rings (SSSR count). The van der Waals surface area contributed by atoms with Crippen molar-refractivity contribution in [3.8, 4) is 0 Å². The minimum Gasteiger partial charge on any atom is -0.459 e. The lowest BCUT2D eigenvalue weighted by molar-refractivity contribution is -0.159. The summed E-state index contributed by atoms with van der Waals surface area (Å²) in [6.07, 6.45) is 0. The zero-order valence-electron chi connectivity index (χ0n) is 17.1. The van der Waals surface area contributed by atoms with E-state index in [1.54, 1.807) is 20.8 Å². The highest BCUT2D eigenvalue weighted by atomic mass is 35.5. The molecule has 0 spiro atoms. The van der Waals surface area contributed by atoms with Gasteiger partial charge in [-0.05, 0) is 47.0 Å². The van der Waals surface area contributed by atoms with E-state index in [-0.39, 0.29) is 17.3 Å². The SMILES string of the molecule is CN(C)CCN(CC(=O)OC(C)(C)C)C(=O)CN(C)S(=O)(=O)c1ccc(Cl)s1. The molecule has 0 aromatic carbocycles. The Morgan fingerprint density at radius 2 is 1.71 bits per heavy atom. The summed E-state index contributed by atoms with van der Waals surface area (Å²) in [5.41, 5.74) is -0.675. The molecule has 11 heteroatoms. The molecule has 0 atom stereocenters. The molecule has 1 heterocycles. The van der Waals surface area contributed by atoms with Crippen LogP contribution in [0.1, 0.15) is 20.8 Å². The molecule has 1 aromatic heterocycles. The van der Waals surface area contributed by atoms with Crippen LogP contribution in [0.2, 0.25) is 4.34 Å². The van der Waals surface area contributed by atoms with Gasteiger partial charge in [-0.25, -0.2) is 8.42 Å². The van der Waals surface area contributed by atoms with Crippen LogP contribution in [-0.4, -0.2) is 87.3 Å². The number of hydrogen-bond acceptors (Lipinski definition) is 7. The van der Waals surface area contributed by atoms with E-state index in [0.717, 1.165) is 15.6 Å². The third-order valence-electron chi connectivity index (χ3n) is 3.48. The fourth-order valence-electron chi connectivity index (χ4n) is 2.11. The second-order valence-corrected chi connectivity index (χ2v) is 11.5. The maximum Gasteiger partial charge on any atom is 0.326 e. The smallest absolute Gasteiger partial charge is 0.326 e. The third-order valence-corrected chi connectivity index (χ3v) is 6.98. The van der Waals surface area contributed by atoms with Gasteiger partial charge in [-0.3, -0.25) is 9.59 Å². The van der Waals surface area contributed by atoms with Gasteiger partial charge in [0.2, 0.25) is 5.91 Å². The summed E-state index contributed by atoms with van der Waals surface area (Å²) >= 11 is 6.73. The average molecular weight is 454 g/mol. The minimum atomic E-state index is -3.84. The summed E-state index contributed by atoms with van der Waals surface area (Å²) in [4.78, 5) is 28.0. The molecule has 0 aliphatic rings. The van der Waals surface area contributed by atoms with E-state index >= 15 is 0 Å². The number of ether oxygens (including phenoxy) is 1. The Kier molecular flexibility index (Phi) is 8.89. The zero-order valence-corrected chi connectivity index (χ0v) is 19.4. The summed E-state index contributed by atoms with van der Waals surface area (Å²) in [5, 5.41) is 0. The van der Waals surface area contributed by atoms with Gasteiger partial charge in [-0.1, -0.05) is 11.6 Å². The zero-order chi connectivity index (χ0) is 21.7. The highest BCUT2D eigenvalue weighted by Gasteiger charge is 2.28. The number of carbonyl (C=O) groups excluding carboxylic acids is 2. The summed E-state index contributed by atoms with van der Waals surface area (Å²) in [6.45, 7) is 5.36. The number of carbonyl (C=O) groups is 2. The van der Waals surface area contributed by atoms with Crippen molar-refractivity contribution in [1.82, 2.24) is 14.1 Å². The van der Waals surface area contributed by atoms with Gasteiger partial charge in [-0.2, -0.15) is 4.31 Å². The predicted molar refractivity (Wildman–Crippen MR) is 110 cm³/mol. The molecular formula is C17H28ClN3O5S2. The van der Waals surface area contributed by atoms with Crippen molar-refractivity contribution in [2.24, 2.45) is 0 Å². The molecule has 28 heavy (non-hydrogen) atoms. The Bertz CT molecular complexity index is 787. The molecule has 1 aromatic rings. The van der Waals surface area contributed by atoms with Crippen molar-refractivity contribution in [2.75, 3.05) is 47.3 Å². The quantitative estimate of drug-likeness (QED) is 0.529. The Morgan fingerprint density at radius 1 is 1.11 bits per heavy atom. The highest BCUT2D eigenvalue weighted by Crippen LogP contribution is 2.27. The minimum absolute atomic E-state index is 0.0554. The molecule has 1 amide bonds. The number of hydrogen-bond donors (Lipinski definition) is 0. The fraction of sp³-hybridized carbons (Fsp3) is 0.647. The maximum atomic E-state index is 12.7.